The maximum Gasteiger partial charge on any atom is 0.151 e. The van der Waals surface area contributed by atoms with Gasteiger partial charge in [-0.25, -0.2) is 17.8 Å². The Kier molecular flexibility index (Phi) is 3.25. The molecular formula is C13H16FN3O2S. The van der Waals surface area contributed by atoms with Crippen molar-refractivity contribution in [2.75, 3.05) is 11.5 Å². The Morgan fingerprint density at radius 2 is 2.30 bits per heavy atom. The van der Waals surface area contributed by atoms with E-state index in [0.717, 1.165) is 5.52 Å². The van der Waals surface area contributed by atoms with Crippen LogP contribution in [0.25, 0.3) is 11.0 Å². The molecular weight excluding hydrogens is 281 g/mol. The summed E-state index contributed by atoms with van der Waals surface area (Å²) >= 11 is 0. The molecule has 1 saturated heterocycles. The van der Waals surface area contributed by atoms with E-state index in [1.165, 1.54) is 6.07 Å². The van der Waals surface area contributed by atoms with Gasteiger partial charge in [0.2, 0.25) is 0 Å². The molecule has 1 aromatic carbocycles. The molecule has 0 amide bonds. The Labute approximate surface area is 116 Å². The number of benzene rings is 1. The fourth-order valence-electron chi connectivity index (χ4n) is 2.58. The highest BCUT2D eigenvalue weighted by Gasteiger charge is 2.27. The molecule has 1 aliphatic rings. The molecule has 2 aromatic rings. The van der Waals surface area contributed by atoms with Crippen molar-refractivity contribution < 1.29 is 12.8 Å². The molecule has 1 fully saturated rings. The predicted molar refractivity (Wildman–Crippen MR) is 74.6 cm³/mol. The minimum atomic E-state index is -2.89. The summed E-state index contributed by atoms with van der Waals surface area (Å²) in [5.74, 6) is 0.773. The Morgan fingerprint density at radius 3 is 2.95 bits per heavy atom. The van der Waals surface area contributed by atoms with E-state index in [2.05, 4.69) is 10.3 Å². The van der Waals surface area contributed by atoms with Crippen LogP contribution in [0.3, 0.4) is 0 Å². The molecule has 1 atom stereocenters. The molecule has 0 radical (unpaired) electrons. The minimum absolute atomic E-state index is 0.0374. The van der Waals surface area contributed by atoms with Crippen LogP contribution in [0.1, 0.15) is 12.2 Å². The second-order valence-electron chi connectivity index (χ2n) is 5.18. The van der Waals surface area contributed by atoms with Gasteiger partial charge in [0.05, 0.1) is 23.6 Å². The lowest BCUT2D eigenvalue weighted by Crippen LogP contribution is -2.30. The molecule has 108 valence electrons. The maximum atomic E-state index is 13.6. The summed E-state index contributed by atoms with van der Waals surface area (Å²) in [5.41, 5.74) is 1.09. The summed E-state index contributed by atoms with van der Waals surface area (Å²) in [5, 5.41) is 3.19. The summed E-state index contributed by atoms with van der Waals surface area (Å²) in [4.78, 5) is 4.29. The van der Waals surface area contributed by atoms with Gasteiger partial charge in [0.1, 0.15) is 11.3 Å². The Hall–Kier alpha value is -1.47. The number of para-hydroxylation sites is 1. The van der Waals surface area contributed by atoms with Gasteiger partial charge in [0.25, 0.3) is 0 Å². The average Bonchev–Trinajstić information content (AvgIpc) is 2.90. The lowest BCUT2D eigenvalue weighted by molar-refractivity contribution is 0.535. The fourth-order valence-corrected chi connectivity index (χ4v) is 4.29. The van der Waals surface area contributed by atoms with E-state index in [1.54, 1.807) is 6.07 Å². The number of nitrogens with zero attached hydrogens (tertiary/aromatic N) is 2. The van der Waals surface area contributed by atoms with Crippen molar-refractivity contribution >= 4 is 20.9 Å². The van der Waals surface area contributed by atoms with Gasteiger partial charge in [-0.15, -0.1) is 0 Å². The van der Waals surface area contributed by atoms with Crippen LogP contribution in [-0.4, -0.2) is 35.5 Å². The van der Waals surface area contributed by atoms with Crippen molar-refractivity contribution in [2.45, 2.75) is 19.0 Å². The number of sulfone groups is 1. The zero-order chi connectivity index (χ0) is 14.3. The molecule has 1 aromatic heterocycles. The van der Waals surface area contributed by atoms with Gasteiger partial charge in [-0.2, -0.15) is 0 Å². The van der Waals surface area contributed by atoms with E-state index in [4.69, 9.17) is 0 Å². The van der Waals surface area contributed by atoms with Crippen molar-refractivity contribution in [2.24, 2.45) is 7.05 Å². The van der Waals surface area contributed by atoms with Gasteiger partial charge in [-0.1, -0.05) is 6.07 Å². The number of imidazole rings is 1. The quantitative estimate of drug-likeness (QED) is 0.917. The van der Waals surface area contributed by atoms with Crippen LogP contribution in [0.5, 0.6) is 0 Å². The molecule has 0 spiro atoms. The first-order valence-electron chi connectivity index (χ1n) is 6.50. The number of fused-ring (bicyclic) bond motifs is 1. The number of hydrogen-bond acceptors (Lipinski definition) is 4. The zero-order valence-electron chi connectivity index (χ0n) is 11.1. The molecule has 1 unspecified atom stereocenters. The SMILES string of the molecule is Cn1c(CNC2CCS(=O)(=O)C2)nc2c(F)cccc21. The van der Waals surface area contributed by atoms with Crippen molar-refractivity contribution in [3.63, 3.8) is 0 Å². The summed E-state index contributed by atoms with van der Waals surface area (Å²) in [6.07, 6.45) is 0.626. The first-order chi connectivity index (χ1) is 9.46. The third-order valence-corrected chi connectivity index (χ3v) is 5.50. The monoisotopic (exact) mass is 297 g/mol. The summed E-state index contributed by atoms with van der Waals surface area (Å²) in [6.45, 7) is 0.435. The van der Waals surface area contributed by atoms with Gasteiger partial charge in [-0.3, -0.25) is 0 Å². The van der Waals surface area contributed by atoms with Gasteiger partial charge in [0, 0.05) is 13.1 Å². The van der Waals surface area contributed by atoms with E-state index < -0.39 is 9.84 Å². The second-order valence-corrected chi connectivity index (χ2v) is 7.40. The van der Waals surface area contributed by atoms with Crippen molar-refractivity contribution in [1.82, 2.24) is 14.9 Å². The van der Waals surface area contributed by atoms with Crippen LogP contribution < -0.4 is 5.32 Å². The smallest absolute Gasteiger partial charge is 0.151 e. The third kappa shape index (κ3) is 2.43. The number of halogens is 1. The van der Waals surface area contributed by atoms with Crippen molar-refractivity contribution in [3.8, 4) is 0 Å². The Bertz CT molecular complexity index is 754. The van der Waals surface area contributed by atoms with Gasteiger partial charge < -0.3 is 9.88 Å². The second kappa shape index (κ2) is 4.82. The lowest BCUT2D eigenvalue weighted by atomic mass is 10.2. The van der Waals surface area contributed by atoms with E-state index in [9.17, 15) is 12.8 Å². The molecule has 3 rings (SSSR count). The van der Waals surface area contributed by atoms with E-state index >= 15 is 0 Å². The van der Waals surface area contributed by atoms with Crippen molar-refractivity contribution in [1.29, 1.82) is 0 Å². The number of aromatic nitrogens is 2. The highest BCUT2D eigenvalue weighted by Crippen LogP contribution is 2.18. The number of hydrogen-bond donors (Lipinski definition) is 1. The van der Waals surface area contributed by atoms with E-state index in [1.807, 2.05) is 17.7 Å². The predicted octanol–water partition coefficient (Wildman–Crippen LogP) is 0.989. The third-order valence-electron chi connectivity index (χ3n) is 3.74. The number of nitrogens with one attached hydrogen (secondary N) is 1. The zero-order valence-corrected chi connectivity index (χ0v) is 12.0. The van der Waals surface area contributed by atoms with Crippen molar-refractivity contribution in [3.05, 3.63) is 29.8 Å². The van der Waals surface area contributed by atoms with Crippen LogP contribution in [0, 0.1) is 5.82 Å². The topological polar surface area (TPSA) is 64.0 Å². The molecule has 0 saturated carbocycles. The van der Waals surface area contributed by atoms with Gasteiger partial charge in [-0.05, 0) is 18.6 Å². The molecule has 1 N–H and O–H groups in total. The average molecular weight is 297 g/mol. The molecule has 1 aliphatic heterocycles. The molecule has 20 heavy (non-hydrogen) atoms. The molecule has 2 heterocycles. The summed E-state index contributed by atoms with van der Waals surface area (Å²) < 4.78 is 38.3. The van der Waals surface area contributed by atoms with Crippen LogP contribution in [0.2, 0.25) is 0 Å². The molecule has 0 bridgehead atoms. The normalized spacial score (nSPS) is 21.6. The number of aryl methyl sites for hydroxylation is 1. The highest BCUT2D eigenvalue weighted by molar-refractivity contribution is 7.91. The first-order valence-corrected chi connectivity index (χ1v) is 8.32. The molecule has 0 aliphatic carbocycles. The molecule has 5 nitrogen and oxygen atoms in total. The number of rotatable bonds is 3. The Balaban J connectivity index is 1.78. The van der Waals surface area contributed by atoms with Crippen LogP contribution in [0.4, 0.5) is 4.39 Å². The Morgan fingerprint density at radius 1 is 1.50 bits per heavy atom. The van der Waals surface area contributed by atoms with Crippen LogP contribution in [0.15, 0.2) is 18.2 Å². The van der Waals surface area contributed by atoms with Gasteiger partial charge >= 0.3 is 0 Å². The van der Waals surface area contributed by atoms with Crippen LogP contribution >= 0.6 is 0 Å². The summed E-state index contributed by atoms with van der Waals surface area (Å²) in [6, 6.07) is 4.81. The fraction of sp³-hybridized carbons (Fsp3) is 0.462. The standard InChI is InChI=1S/C13H16FN3O2S/c1-17-11-4-2-3-10(14)13(11)16-12(17)7-15-9-5-6-20(18,19)8-9/h2-4,9,15H,5-8H2,1H3. The van der Waals surface area contributed by atoms with Gasteiger partial charge in [0.15, 0.2) is 15.7 Å². The maximum absolute atomic E-state index is 13.6. The minimum Gasteiger partial charge on any atom is -0.330 e. The lowest BCUT2D eigenvalue weighted by Gasteiger charge is -2.10. The highest BCUT2D eigenvalue weighted by atomic mass is 32.2. The summed E-state index contributed by atoms with van der Waals surface area (Å²) in [7, 11) is -1.06. The van der Waals surface area contributed by atoms with E-state index in [-0.39, 0.29) is 23.4 Å². The van der Waals surface area contributed by atoms with Crippen LogP contribution in [-0.2, 0) is 23.4 Å². The van der Waals surface area contributed by atoms with E-state index in [0.29, 0.717) is 24.3 Å². The largest absolute Gasteiger partial charge is 0.330 e. The molecule has 7 heteroatoms. The first kappa shape index (κ1) is 13.5.